The second kappa shape index (κ2) is 5.13. The van der Waals surface area contributed by atoms with Crippen LogP contribution in [0.2, 0.25) is 0 Å². The Bertz CT molecular complexity index is 283. The molecular formula is C16H32N2. The Balaban J connectivity index is 2.07. The highest BCUT2D eigenvalue weighted by Crippen LogP contribution is 2.46. The van der Waals surface area contributed by atoms with Gasteiger partial charge in [-0.3, -0.25) is 4.90 Å². The van der Waals surface area contributed by atoms with E-state index < -0.39 is 0 Å². The molecule has 0 heterocycles. The lowest BCUT2D eigenvalue weighted by atomic mass is 9.63. The van der Waals surface area contributed by atoms with E-state index in [1.165, 1.54) is 45.1 Å². The first kappa shape index (κ1) is 14.3. The van der Waals surface area contributed by atoms with E-state index in [1.54, 1.807) is 0 Å². The quantitative estimate of drug-likeness (QED) is 0.832. The summed E-state index contributed by atoms with van der Waals surface area (Å²) in [6, 6.07) is 0. The molecule has 0 aromatic carbocycles. The van der Waals surface area contributed by atoms with Crippen LogP contribution in [0.3, 0.4) is 0 Å². The molecule has 0 bridgehead atoms. The van der Waals surface area contributed by atoms with Crippen LogP contribution in [0.1, 0.15) is 59.3 Å². The highest BCUT2D eigenvalue weighted by atomic mass is 15.2. The number of hydrogen-bond donors (Lipinski definition) is 1. The molecule has 2 fully saturated rings. The normalized spacial score (nSPS) is 36.7. The lowest BCUT2D eigenvalue weighted by molar-refractivity contribution is -0.0104. The summed E-state index contributed by atoms with van der Waals surface area (Å²) in [5.41, 5.74) is 6.93. The molecule has 0 radical (unpaired) electrons. The van der Waals surface area contributed by atoms with Gasteiger partial charge in [0.15, 0.2) is 0 Å². The van der Waals surface area contributed by atoms with Gasteiger partial charge in [-0.2, -0.15) is 0 Å². The van der Waals surface area contributed by atoms with Crippen molar-refractivity contribution in [3.63, 3.8) is 0 Å². The van der Waals surface area contributed by atoms with Crippen molar-refractivity contribution in [3.05, 3.63) is 0 Å². The summed E-state index contributed by atoms with van der Waals surface area (Å²) in [7, 11) is 2.32. The molecule has 0 aromatic rings. The van der Waals surface area contributed by atoms with E-state index in [0.29, 0.717) is 5.41 Å². The summed E-state index contributed by atoms with van der Waals surface area (Å²) >= 11 is 0. The van der Waals surface area contributed by atoms with Crippen LogP contribution >= 0.6 is 0 Å². The van der Waals surface area contributed by atoms with Gasteiger partial charge in [0.25, 0.3) is 0 Å². The first-order valence-electron chi connectivity index (χ1n) is 7.78. The second-order valence-corrected chi connectivity index (χ2v) is 7.96. The SMILES string of the molecule is CC1CC(C)(C)CC(CN)(N(C)CC2CCC2)C1. The molecule has 2 heteroatoms. The highest BCUT2D eigenvalue weighted by Gasteiger charge is 2.44. The lowest BCUT2D eigenvalue weighted by Gasteiger charge is -2.53. The minimum absolute atomic E-state index is 0.261. The van der Waals surface area contributed by atoms with Crippen LogP contribution in [0.4, 0.5) is 0 Å². The fourth-order valence-corrected chi connectivity index (χ4v) is 4.56. The second-order valence-electron chi connectivity index (χ2n) is 7.96. The van der Waals surface area contributed by atoms with E-state index in [4.69, 9.17) is 5.73 Å². The third-order valence-corrected chi connectivity index (χ3v) is 5.38. The van der Waals surface area contributed by atoms with Crippen LogP contribution in [0.25, 0.3) is 0 Å². The van der Waals surface area contributed by atoms with E-state index >= 15 is 0 Å². The molecular weight excluding hydrogens is 220 g/mol. The summed E-state index contributed by atoms with van der Waals surface area (Å²) in [4.78, 5) is 2.62. The smallest absolute Gasteiger partial charge is 0.0336 e. The number of nitrogens with zero attached hydrogens (tertiary/aromatic N) is 1. The van der Waals surface area contributed by atoms with Gasteiger partial charge in [0.05, 0.1) is 0 Å². The van der Waals surface area contributed by atoms with E-state index in [-0.39, 0.29) is 5.54 Å². The van der Waals surface area contributed by atoms with E-state index in [9.17, 15) is 0 Å². The van der Waals surface area contributed by atoms with Gasteiger partial charge in [-0.15, -0.1) is 0 Å². The number of rotatable bonds is 4. The Labute approximate surface area is 113 Å². The summed E-state index contributed by atoms with van der Waals surface area (Å²) in [6.07, 6.45) is 8.22. The predicted molar refractivity (Wildman–Crippen MR) is 78.6 cm³/mol. The molecule has 0 amide bonds. The standard InChI is InChI=1S/C16H32N2/c1-13-8-15(2,3)11-16(9-13,12-17)18(4)10-14-6-5-7-14/h13-14H,5-12,17H2,1-4H3. The number of nitrogens with two attached hydrogens (primary N) is 1. The van der Waals surface area contributed by atoms with Gasteiger partial charge in [-0.05, 0) is 56.4 Å². The van der Waals surface area contributed by atoms with Crippen LogP contribution in [0.5, 0.6) is 0 Å². The van der Waals surface area contributed by atoms with Crippen LogP contribution in [0, 0.1) is 17.3 Å². The first-order valence-corrected chi connectivity index (χ1v) is 7.78. The molecule has 2 rings (SSSR count). The van der Waals surface area contributed by atoms with Crippen LogP contribution in [-0.2, 0) is 0 Å². The molecule has 2 aliphatic carbocycles. The Hall–Kier alpha value is -0.0800. The zero-order chi connectivity index (χ0) is 13.4. The van der Waals surface area contributed by atoms with E-state index in [0.717, 1.165) is 18.4 Å². The average molecular weight is 252 g/mol. The van der Waals surface area contributed by atoms with Crippen LogP contribution in [0.15, 0.2) is 0 Å². The predicted octanol–water partition coefficient (Wildman–Crippen LogP) is 3.26. The maximum absolute atomic E-state index is 6.22. The maximum atomic E-state index is 6.22. The summed E-state index contributed by atoms with van der Waals surface area (Å²) in [6.45, 7) is 9.33. The fraction of sp³-hybridized carbons (Fsp3) is 1.00. The molecule has 2 nitrogen and oxygen atoms in total. The Kier molecular flexibility index (Phi) is 4.08. The van der Waals surface area contributed by atoms with Crippen molar-refractivity contribution in [2.24, 2.45) is 23.0 Å². The van der Waals surface area contributed by atoms with Crippen molar-refractivity contribution in [2.75, 3.05) is 20.1 Å². The third-order valence-electron chi connectivity index (χ3n) is 5.38. The van der Waals surface area contributed by atoms with Crippen molar-refractivity contribution in [3.8, 4) is 0 Å². The largest absolute Gasteiger partial charge is 0.329 e. The van der Waals surface area contributed by atoms with Crippen LogP contribution in [-0.4, -0.2) is 30.6 Å². The zero-order valence-corrected chi connectivity index (χ0v) is 12.8. The first-order chi connectivity index (χ1) is 8.37. The molecule has 2 unspecified atom stereocenters. The van der Waals surface area contributed by atoms with Gasteiger partial charge < -0.3 is 5.73 Å². The Morgan fingerprint density at radius 3 is 2.33 bits per heavy atom. The molecule has 18 heavy (non-hydrogen) atoms. The van der Waals surface area contributed by atoms with Gasteiger partial charge in [-0.25, -0.2) is 0 Å². The minimum atomic E-state index is 0.261. The molecule has 0 aliphatic heterocycles. The Morgan fingerprint density at radius 2 is 1.89 bits per heavy atom. The summed E-state index contributed by atoms with van der Waals surface area (Å²) < 4.78 is 0. The summed E-state index contributed by atoms with van der Waals surface area (Å²) in [5, 5.41) is 0. The number of likely N-dealkylation sites (N-methyl/N-ethyl adjacent to an activating group) is 1. The van der Waals surface area contributed by atoms with Gasteiger partial charge in [0, 0.05) is 18.6 Å². The topological polar surface area (TPSA) is 29.3 Å². The van der Waals surface area contributed by atoms with Crippen molar-refractivity contribution >= 4 is 0 Å². The molecule has 0 spiro atoms. The monoisotopic (exact) mass is 252 g/mol. The minimum Gasteiger partial charge on any atom is -0.329 e. The molecule has 2 atom stereocenters. The lowest BCUT2D eigenvalue weighted by Crippen LogP contribution is -2.58. The van der Waals surface area contributed by atoms with Crippen LogP contribution < -0.4 is 5.73 Å². The Morgan fingerprint density at radius 1 is 1.22 bits per heavy atom. The van der Waals surface area contributed by atoms with Gasteiger partial charge >= 0.3 is 0 Å². The van der Waals surface area contributed by atoms with Gasteiger partial charge in [0.1, 0.15) is 0 Å². The zero-order valence-electron chi connectivity index (χ0n) is 12.8. The maximum Gasteiger partial charge on any atom is 0.0336 e. The highest BCUT2D eigenvalue weighted by molar-refractivity contribution is 5.00. The molecule has 2 N–H and O–H groups in total. The van der Waals surface area contributed by atoms with E-state index in [1.807, 2.05) is 0 Å². The van der Waals surface area contributed by atoms with Crippen molar-refractivity contribution in [2.45, 2.75) is 64.8 Å². The molecule has 106 valence electrons. The third kappa shape index (κ3) is 2.91. The molecule has 0 saturated heterocycles. The van der Waals surface area contributed by atoms with Crippen molar-refractivity contribution in [1.29, 1.82) is 0 Å². The summed E-state index contributed by atoms with van der Waals surface area (Å²) in [5.74, 6) is 1.75. The fourth-order valence-electron chi connectivity index (χ4n) is 4.56. The van der Waals surface area contributed by atoms with Gasteiger partial charge in [0.2, 0.25) is 0 Å². The average Bonchev–Trinajstić information content (AvgIpc) is 2.19. The van der Waals surface area contributed by atoms with E-state index in [2.05, 4.69) is 32.7 Å². The molecule has 2 aliphatic rings. The molecule has 2 saturated carbocycles. The van der Waals surface area contributed by atoms with Crippen molar-refractivity contribution in [1.82, 2.24) is 4.90 Å². The molecule has 0 aromatic heterocycles. The number of hydrogen-bond acceptors (Lipinski definition) is 2. The van der Waals surface area contributed by atoms with Gasteiger partial charge in [-0.1, -0.05) is 27.2 Å². The van der Waals surface area contributed by atoms with Crippen molar-refractivity contribution < 1.29 is 0 Å².